The second-order valence-corrected chi connectivity index (χ2v) is 6.20. The highest BCUT2D eigenvalue weighted by molar-refractivity contribution is 9.10. The second kappa shape index (κ2) is 5.54. The summed E-state index contributed by atoms with van der Waals surface area (Å²) in [6.07, 6.45) is 0. The molecule has 0 heterocycles. The predicted octanol–water partition coefficient (Wildman–Crippen LogP) is 5.69. The fourth-order valence-electron chi connectivity index (χ4n) is 1.89. The van der Waals surface area contributed by atoms with Gasteiger partial charge < -0.3 is 0 Å². The summed E-state index contributed by atoms with van der Waals surface area (Å²) >= 11 is 7.18. The normalized spacial score (nSPS) is 12.5. The third kappa shape index (κ3) is 2.83. The van der Waals surface area contributed by atoms with E-state index in [0.717, 1.165) is 10.0 Å². The van der Waals surface area contributed by atoms with Gasteiger partial charge in [0, 0.05) is 4.47 Å². The van der Waals surface area contributed by atoms with E-state index in [1.54, 1.807) is 6.92 Å². The van der Waals surface area contributed by atoms with Gasteiger partial charge in [-0.25, -0.2) is 4.39 Å². The van der Waals surface area contributed by atoms with Crippen LogP contribution in [-0.2, 0) is 0 Å². The highest BCUT2D eigenvalue weighted by Gasteiger charge is 2.14. The van der Waals surface area contributed by atoms with Crippen molar-refractivity contribution in [3.05, 3.63) is 68.9 Å². The SMILES string of the molecule is Cc1cc(C(Br)c2cc(Br)ccc2C)ccc1F. The summed E-state index contributed by atoms with van der Waals surface area (Å²) < 4.78 is 14.3. The summed E-state index contributed by atoms with van der Waals surface area (Å²) in [5.41, 5.74) is 4.14. The van der Waals surface area contributed by atoms with Gasteiger partial charge >= 0.3 is 0 Å². The van der Waals surface area contributed by atoms with Crippen LogP contribution in [0.25, 0.3) is 0 Å². The highest BCUT2D eigenvalue weighted by atomic mass is 79.9. The number of hydrogen-bond donors (Lipinski definition) is 0. The fraction of sp³-hybridized carbons (Fsp3) is 0.200. The maximum absolute atomic E-state index is 13.3. The van der Waals surface area contributed by atoms with Crippen molar-refractivity contribution in [2.45, 2.75) is 18.7 Å². The Bertz CT molecular complexity index is 579. The molecule has 0 saturated carbocycles. The summed E-state index contributed by atoms with van der Waals surface area (Å²) in [6, 6.07) is 11.4. The minimum Gasteiger partial charge on any atom is -0.207 e. The van der Waals surface area contributed by atoms with Crippen molar-refractivity contribution < 1.29 is 4.39 Å². The summed E-state index contributed by atoms with van der Waals surface area (Å²) in [6.45, 7) is 3.86. The van der Waals surface area contributed by atoms with Crippen LogP contribution in [0, 0.1) is 19.7 Å². The molecule has 0 spiro atoms. The topological polar surface area (TPSA) is 0 Å². The lowest BCUT2D eigenvalue weighted by atomic mass is 9.99. The maximum atomic E-state index is 13.3. The summed E-state index contributed by atoms with van der Waals surface area (Å²) in [4.78, 5) is 0.0781. The van der Waals surface area contributed by atoms with Crippen LogP contribution in [0.5, 0.6) is 0 Å². The van der Waals surface area contributed by atoms with Crippen molar-refractivity contribution in [3.8, 4) is 0 Å². The maximum Gasteiger partial charge on any atom is 0.126 e. The van der Waals surface area contributed by atoms with Crippen molar-refractivity contribution >= 4 is 31.9 Å². The first-order chi connectivity index (χ1) is 8.49. The largest absolute Gasteiger partial charge is 0.207 e. The molecule has 0 aliphatic carbocycles. The van der Waals surface area contributed by atoms with Gasteiger partial charge in [0.05, 0.1) is 4.83 Å². The number of halogens is 3. The van der Waals surface area contributed by atoms with Crippen LogP contribution in [0.15, 0.2) is 40.9 Å². The van der Waals surface area contributed by atoms with Gasteiger partial charge in [-0.2, -0.15) is 0 Å². The number of rotatable bonds is 2. The number of aryl methyl sites for hydroxylation is 2. The zero-order chi connectivity index (χ0) is 13.3. The molecule has 2 aromatic carbocycles. The van der Waals surface area contributed by atoms with E-state index in [1.807, 2.05) is 18.2 Å². The van der Waals surface area contributed by atoms with E-state index in [-0.39, 0.29) is 10.6 Å². The van der Waals surface area contributed by atoms with E-state index in [1.165, 1.54) is 17.2 Å². The Kier molecular flexibility index (Phi) is 4.23. The zero-order valence-electron chi connectivity index (χ0n) is 10.2. The van der Waals surface area contributed by atoms with Crippen LogP contribution >= 0.6 is 31.9 Å². The van der Waals surface area contributed by atoms with Crippen LogP contribution in [-0.4, -0.2) is 0 Å². The average Bonchev–Trinajstić information content (AvgIpc) is 2.35. The summed E-state index contributed by atoms with van der Waals surface area (Å²) in [5.74, 6) is -0.163. The molecule has 0 aliphatic heterocycles. The number of benzene rings is 2. The van der Waals surface area contributed by atoms with Crippen molar-refractivity contribution in [2.24, 2.45) is 0 Å². The van der Waals surface area contributed by atoms with Gasteiger partial charge in [-0.1, -0.05) is 50.1 Å². The third-order valence-corrected chi connectivity index (χ3v) is 4.50. The molecule has 94 valence electrons. The first-order valence-electron chi connectivity index (χ1n) is 5.65. The molecule has 0 amide bonds. The molecule has 2 rings (SSSR count). The van der Waals surface area contributed by atoms with Gasteiger partial charge in [0.15, 0.2) is 0 Å². The molecule has 0 nitrogen and oxygen atoms in total. The van der Waals surface area contributed by atoms with Crippen LogP contribution in [0.4, 0.5) is 4.39 Å². The van der Waals surface area contributed by atoms with Crippen LogP contribution in [0.2, 0.25) is 0 Å². The standard InChI is InChI=1S/C15H13Br2F/c1-9-3-5-12(16)8-13(9)15(17)11-4-6-14(18)10(2)7-11/h3-8,15H,1-2H3. The fourth-order valence-corrected chi connectivity index (χ4v) is 3.05. The van der Waals surface area contributed by atoms with E-state index >= 15 is 0 Å². The van der Waals surface area contributed by atoms with Crippen molar-refractivity contribution in [1.29, 1.82) is 0 Å². The molecule has 0 N–H and O–H groups in total. The minimum absolute atomic E-state index is 0.0781. The first kappa shape index (κ1) is 13.8. The molecule has 0 aliphatic rings. The van der Waals surface area contributed by atoms with Crippen molar-refractivity contribution in [3.63, 3.8) is 0 Å². The van der Waals surface area contributed by atoms with Gasteiger partial charge in [-0.15, -0.1) is 0 Å². The third-order valence-electron chi connectivity index (χ3n) is 2.99. The van der Waals surface area contributed by atoms with Gasteiger partial charge in [0.2, 0.25) is 0 Å². The second-order valence-electron chi connectivity index (χ2n) is 4.37. The lowest BCUT2D eigenvalue weighted by molar-refractivity contribution is 0.617. The van der Waals surface area contributed by atoms with E-state index in [2.05, 4.69) is 50.9 Å². The van der Waals surface area contributed by atoms with E-state index in [0.29, 0.717) is 5.56 Å². The molecule has 0 saturated heterocycles. The van der Waals surface area contributed by atoms with Gasteiger partial charge in [-0.3, -0.25) is 0 Å². The monoisotopic (exact) mass is 370 g/mol. The molecule has 18 heavy (non-hydrogen) atoms. The summed E-state index contributed by atoms with van der Waals surface area (Å²) in [5, 5.41) is 0. The lowest BCUT2D eigenvalue weighted by Crippen LogP contribution is -1.97. The molecule has 0 fully saturated rings. The lowest BCUT2D eigenvalue weighted by Gasteiger charge is -2.15. The van der Waals surface area contributed by atoms with Crippen molar-refractivity contribution in [2.75, 3.05) is 0 Å². The first-order valence-corrected chi connectivity index (χ1v) is 7.36. The van der Waals surface area contributed by atoms with Crippen LogP contribution < -0.4 is 0 Å². The van der Waals surface area contributed by atoms with E-state index in [9.17, 15) is 4.39 Å². The Hall–Kier alpha value is -0.670. The molecular weight excluding hydrogens is 359 g/mol. The minimum atomic E-state index is -0.163. The Morgan fingerprint density at radius 3 is 2.39 bits per heavy atom. The molecule has 0 aromatic heterocycles. The van der Waals surface area contributed by atoms with Crippen LogP contribution in [0.1, 0.15) is 27.1 Å². The van der Waals surface area contributed by atoms with E-state index < -0.39 is 0 Å². The van der Waals surface area contributed by atoms with Crippen molar-refractivity contribution in [1.82, 2.24) is 0 Å². The van der Waals surface area contributed by atoms with Crippen LogP contribution in [0.3, 0.4) is 0 Å². The van der Waals surface area contributed by atoms with E-state index in [4.69, 9.17) is 0 Å². The highest BCUT2D eigenvalue weighted by Crippen LogP contribution is 2.34. The van der Waals surface area contributed by atoms with Gasteiger partial charge in [-0.05, 0) is 54.3 Å². The number of alkyl halides is 1. The predicted molar refractivity (Wildman–Crippen MR) is 80.8 cm³/mol. The smallest absolute Gasteiger partial charge is 0.126 e. The molecule has 2 aromatic rings. The van der Waals surface area contributed by atoms with Gasteiger partial charge in [0.25, 0.3) is 0 Å². The Morgan fingerprint density at radius 1 is 1.00 bits per heavy atom. The quantitative estimate of drug-likeness (QED) is 0.595. The molecule has 1 unspecified atom stereocenters. The molecular formula is C15H13Br2F. The Balaban J connectivity index is 2.44. The Labute approximate surface area is 123 Å². The Morgan fingerprint density at radius 2 is 1.72 bits per heavy atom. The molecule has 0 radical (unpaired) electrons. The average molecular weight is 372 g/mol. The molecule has 3 heteroatoms. The van der Waals surface area contributed by atoms with Gasteiger partial charge in [0.1, 0.15) is 5.82 Å². The summed E-state index contributed by atoms with van der Waals surface area (Å²) in [7, 11) is 0. The molecule has 0 bridgehead atoms. The zero-order valence-corrected chi connectivity index (χ0v) is 13.3. The number of hydrogen-bond acceptors (Lipinski definition) is 0. The molecule has 1 atom stereocenters.